The van der Waals surface area contributed by atoms with Crippen LogP contribution in [0.15, 0.2) is 36.5 Å². The lowest BCUT2D eigenvalue weighted by Crippen LogP contribution is -2.30. The predicted octanol–water partition coefficient (Wildman–Crippen LogP) is 2.32. The van der Waals surface area contributed by atoms with E-state index in [4.69, 9.17) is 0 Å². The van der Waals surface area contributed by atoms with Gasteiger partial charge >= 0.3 is 0 Å². The van der Waals surface area contributed by atoms with E-state index in [9.17, 15) is 0 Å². The van der Waals surface area contributed by atoms with Crippen LogP contribution in [0.25, 0.3) is 0 Å². The number of hydrogen-bond acceptors (Lipinski definition) is 2. The second-order valence-electron chi connectivity index (χ2n) is 3.99. The van der Waals surface area contributed by atoms with Crippen molar-refractivity contribution in [2.45, 2.75) is 31.7 Å². The number of nitrogens with one attached hydrogen (secondary N) is 1. The molecule has 0 saturated heterocycles. The third-order valence-corrected chi connectivity index (χ3v) is 2.77. The van der Waals surface area contributed by atoms with Gasteiger partial charge in [-0.3, -0.25) is 4.98 Å². The molecule has 1 N–H and O–H groups in total. The minimum atomic E-state index is 0.586. The van der Waals surface area contributed by atoms with Crippen molar-refractivity contribution in [3.05, 3.63) is 42.2 Å². The molecular weight excluding hydrogens is 184 g/mol. The summed E-state index contributed by atoms with van der Waals surface area (Å²) in [6.07, 6.45) is 11.3. The third kappa shape index (κ3) is 3.48. The number of allylic oxidation sites excluding steroid dienone is 1. The molecule has 0 fully saturated rings. The Kier molecular flexibility index (Phi) is 3.92. The fraction of sp³-hybridized carbons (Fsp3) is 0.462. The van der Waals surface area contributed by atoms with Crippen molar-refractivity contribution < 1.29 is 0 Å². The standard InChI is InChI=1S/C13H18N2/c1-2-6-12(7-3-1)15-11-9-13-8-4-5-10-14-13/h2,4-6,8,10,12,15H,1,3,7,9,11H2. The lowest BCUT2D eigenvalue weighted by molar-refractivity contribution is 0.524. The Morgan fingerprint density at radius 1 is 1.40 bits per heavy atom. The number of nitrogens with zero attached hydrogens (tertiary/aromatic N) is 1. The molecule has 1 heterocycles. The molecule has 2 rings (SSSR count). The number of pyridine rings is 1. The molecule has 1 aliphatic rings. The summed E-state index contributed by atoms with van der Waals surface area (Å²) in [4.78, 5) is 4.30. The van der Waals surface area contributed by atoms with Crippen molar-refractivity contribution >= 4 is 0 Å². The van der Waals surface area contributed by atoms with E-state index in [2.05, 4.69) is 28.5 Å². The van der Waals surface area contributed by atoms with Gasteiger partial charge in [0.1, 0.15) is 0 Å². The Morgan fingerprint density at radius 3 is 3.13 bits per heavy atom. The van der Waals surface area contributed by atoms with Crippen LogP contribution in [0.2, 0.25) is 0 Å². The molecule has 0 bridgehead atoms. The maximum Gasteiger partial charge on any atom is 0.0416 e. The van der Waals surface area contributed by atoms with Gasteiger partial charge in [0.2, 0.25) is 0 Å². The smallest absolute Gasteiger partial charge is 0.0416 e. The lowest BCUT2D eigenvalue weighted by Gasteiger charge is -2.17. The summed E-state index contributed by atoms with van der Waals surface area (Å²) in [6.45, 7) is 1.02. The Balaban J connectivity index is 1.70. The van der Waals surface area contributed by atoms with Gasteiger partial charge in [-0.25, -0.2) is 0 Å². The summed E-state index contributed by atoms with van der Waals surface area (Å²) in [5.74, 6) is 0. The molecule has 0 spiro atoms. The van der Waals surface area contributed by atoms with E-state index in [1.54, 1.807) is 0 Å². The number of hydrogen-bond donors (Lipinski definition) is 1. The number of aromatic nitrogens is 1. The van der Waals surface area contributed by atoms with E-state index < -0.39 is 0 Å². The molecule has 80 valence electrons. The predicted molar refractivity (Wildman–Crippen MR) is 62.7 cm³/mol. The summed E-state index contributed by atoms with van der Waals surface area (Å²) in [5, 5.41) is 3.54. The molecule has 1 aromatic rings. The molecule has 2 nitrogen and oxygen atoms in total. The highest BCUT2D eigenvalue weighted by molar-refractivity contribution is 5.04. The van der Waals surface area contributed by atoms with Gasteiger partial charge in [-0.05, 0) is 31.4 Å². The zero-order chi connectivity index (χ0) is 10.3. The van der Waals surface area contributed by atoms with E-state index in [0.29, 0.717) is 6.04 Å². The van der Waals surface area contributed by atoms with Crippen LogP contribution in [0.4, 0.5) is 0 Å². The lowest BCUT2D eigenvalue weighted by atomic mass is 10.0. The van der Waals surface area contributed by atoms with Crippen LogP contribution in [-0.2, 0) is 6.42 Å². The minimum Gasteiger partial charge on any atom is -0.310 e. The van der Waals surface area contributed by atoms with Crippen LogP contribution in [0.5, 0.6) is 0 Å². The molecule has 0 amide bonds. The maximum absolute atomic E-state index is 4.30. The summed E-state index contributed by atoms with van der Waals surface area (Å²) in [6, 6.07) is 6.67. The minimum absolute atomic E-state index is 0.586. The molecule has 0 aromatic carbocycles. The summed E-state index contributed by atoms with van der Waals surface area (Å²) < 4.78 is 0. The Bertz CT molecular complexity index is 306. The second-order valence-corrected chi connectivity index (χ2v) is 3.99. The maximum atomic E-state index is 4.30. The highest BCUT2D eigenvalue weighted by Crippen LogP contribution is 2.09. The molecule has 1 unspecified atom stereocenters. The van der Waals surface area contributed by atoms with Crippen molar-refractivity contribution in [1.82, 2.24) is 10.3 Å². The van der Waals surface area contributed by atoms with Crippen molar-refractivity contribution in [3.8, 4) is 0 Å². The zero-order valence-corrected chi connectivity index (χ0v) is 9.02. The van der Waals surface area contributed by atoms with Gasteiger partial charge in [-0.1, -0.05) is 18.2 Å². The van der Waals surface area contributed by atoms with Crippen LogP contribution in [0.3, 0.4) is 0 Å². The van der Waals surface area contributed by atoms with Gasteiger partial charge in [0.15, 0.2) is 0 Å². The van der Waals surface area contributed by atoms with Gasteiger partial charge in [-0.15, -0.1) is 0 Å². The van der Waals surface area contributed by atoms with Crippen LogP contribution >= 0.6 is 0 Å². The van der Waals surface area contributed by atoms with E-state index in [0.717, 1.165) is 13.0 Å². The summed E-state index contributed by atoms with van der Waals surface area (Å²) in [7, 11) is 0. The van der Waals surface area contributed by atoms with Gasteiger partial charge in [0.05, 0.1) is 0 Å². The average molecular weight is 202 g/mol. The third-order valence-electron chi connectivity index (χ3n) is 2.77. The van der Waals surface area contributed by atoms with E-state index >= 15 is 0 Å². The Hall–Kier alpha value is -1.15. The first-order valence-corrected chi connectivity index (χ1v) is 5.75. The first-order valence-electron chi connectivity index (χ1n) is 5.75. The highest BCUT2D eigenvalue weighted by Gasteiger charge is 2.06. The molecule has 2 heteroatoms. The Labute approximate surface area is 91.4 Å². The SMILES string of the molecule is C1=CC(NCCc2ccccn2)CCC1. The van der Waals surface area contributed by atoms with Crippen LogP contribution in [0.1, 0.15) is 25.0 Å². The van der Waals surface area contributed by atoms with Crippen LogP contribution < -0.4 is 5.32 Å². The first-order chi connectivity index (χ1) is 7.45. The number of rotatable bonds is 4. The van der Waals surface area contributed by atoms with Gasteiger partial charge < -0.3 is 5.32 Å². The fourth-order valence-electron chi connectivity index (χ4n) is 1.91. The molecule has 0 aliphatic heterocycles. The van der Waals surface area contributed by atoms with Crippen molar-refractivity contribution in [1.29, 1.82) is 0 Å². The quantitative estimate of drug-likeness (QED) is 0.758. The molecule has 0 saturated carbocycles. The van der Waals surface area contributed by atoms with Gasteiger partial charge in [-0.2, -0.15) is 0 Å². The van der Waals surface area contributed by atoms with Crippen molar-refractivity contribution in [3.63, 3.8) is 0 Å². The van der Waals surface area contributed by atoms with Crippen LogP contribution in [0, 0.1) is 0 Å². The molecule has 1 atom stereocenters. The summed E-state index contributed by atoms with van der Waals surface area (Å²) >= 11 is 0. The highest BCUT2D eigenvalue weighted by atomic mass is 14.9. The monoisotopic (exact) mass is 202 g/mol. The molecule has 15 heavy (non-hydrogen) atoms. The van der Waals surface area contributed by atoms with E-state index in [1.165, 1.54) is 25.0 Å². The molecule has 0 radical (unpaired) electrons. The first kappa shape index (κ1) is 10.4. The van der Waals surface area contributed by atoms with Crippen molar-refractivity contribution in [2.75, 3.05) is 6.54 Å². The molecular formula is C13H18N2. The van der Waals surface area contributed by atoms with E-state index in [-0.39, 0.29) is 0 Å². The molecule has 1 aliphatic carbocycles. The van der Waals surface area contributed by atoms with Gasteiger partial charge in [0, 0.05) is 30.9 Å². The van der Waals surface area contributed by atoms with E-state index in [1.807, 2.05) is 18.3 Å². The van der Waals surface area contributed by atoms with Gasteiger partial charge in [0.25, 0.3) is 0 Å². The topological polar surface area (TPSA) is 24.9 Å². The second kappa shape index (κ2) is 5.66. The normalized spacial score (nSPS) is 20.4. The Morgan fingerprint density at radius 2 is 2.40 bits per heavy atom. The molecule has 1 aromatic heterocycles. The average Bonchev–Trinajstić information content (AvgIpc) is 2.32. The van der Waals surface area contributed by atoms with Crippen molar-refractivity contribution in [2.24, 2.45) is 0 Å². The van der Waals surface area contributed by atoms with Crippen LogP contribution in [-0.4, -0.2) is 17.6 Å². The largest absolute Gasteiger partial charge is 0.310 e. The summed E-state index contributed by atoms with van der Waals surface area (Å²) in [5.41, 5.74) is 1.17. The fourth-order valence-corrected chi connectivity index (χ4v) is 1.91. The zero-order valence-electron chi connectivity index (χ0n) is 9.02.